The highest BCUT2D eigenvalue weighted by Gasteiger charge is 2.40. The summed E-state index contributed by atoms with van der Waals surface area (Å²) in [7, 11) is 8.12. The van der Waals surface area contributed by atoms with Crippen LogP contribution < -0.4 is 0 Å². The highest BCUT2D eigenvalue weighted by Crippen LogP contribution is 2.16. The number of furan rings is 1. The summed E-state index contributed by atoms with van der Waals surface area (Å²) in [5.41, 5.74) is -2.74. The Morgan fingerprint density at radius 2 is 1.55 bits per heavy atom. The molecule has 0 aliphatic rings. The van der Waals surface area contributed by atoms with E-state index in [-0.39, 0.29) is 6.04 Å². The van der Waals surface area contributed by atoms with Crippen molar-refractivity contribution in [2.45, 2.75) is 44.1 Å². The van der Waals surface area contributed by atoms with Gasteiger partial charge in [0.1, 0.15) is 5.75 Å². The van der Waals surface area contributed by atoms with Crippen LogP contribution in [0.25, 0.3) is 0 Å². The molecule has 1 aromatic rings. The number of guanidine groups is 1. The molecule has 0 fully saturated rings. The number of likely N-dealkylation sites (N-methyl/N-ethyl adjacent to an activating group) is 2. The first-order valence-electron chi connectivity index (χ1n) is 13.1. The Balaban J connectivity index is 0.00000108. The van der Waals surface area contributed by atoms with Crippen molar-refractivity contribution in [2.75, 3.05) is 66.7 Å². The number of carbonyl (C=O) groups is 3. The third-order valence-electron chi connectivity index (χ3n) is 5.68. The van der Waals surface area contributed by atoms with Crippen LogP contribution in [-0.4, -0.2) is 147 Å². The van der Waals surface area contributed by atoms with Crippen molar-refractivity contribution in [3.63, 3.8) is 0 Å². The fourth-order valence-electron chi connectivity index (χ4n) is 3.44. The van der Waals surface area contributed by atoms with Crippen molar-refractivity contribution in [3.8, 4) is 6.19 Å². The summed E-state index contributed by atoms with van der Waals surface area (Å²) in [6.07, 6.45) is 1.28. The minimum Gasteiger partial charge on any atom is -0.616 e. The SMILES string of the molecule is CC(C)N(CC[S+]([O-])Cc1ccco1)/C(=N\C#N)N(CCN(C)C)CCN(C)C.O=C(O)CC(O)(CC(=O)O)C(=O)O. The maximum absolute atomic E-state index is 12.5. The van der Waals surface area contributed by atoms with Gasteiger partial charge in [0, 0.05) is 32.2 Å². The van der Waals surface area contributed by atoms with Gasteiger partial charge in [-0.3, -0.25) is 9.59 Å². The van der Waals surface area contributed by atoms with Crippen LogP contribution in [0.3, 0.4) is 0 Å². The zero-order valence-electron chi connectivity index (χ0n) is 25.1. The number of hydrogen-bond donors (Lipinski definition) is 4. The number of hydrogen-bond acceptors (Lipinski definition) is 10. The van der Waals surface area contributed by atoms with Crippen molar-refractivity contribution in [1.82, 2.24) is 19.6 Å². The molecule has 238 valence electrons. The van der Waals surface area contributed by atoms with Gasteiger partial charge in [-0.1, -0.05) is 0 Å². The molecule has 1 aromatic heterocycles. The zero-order valence-corrected chi connectivity index (χ0v) is 25.9. The van der Waals surface area contributed by atoms with E-state index in [0.717, 1.165) is 31.9 Å². The summed E-state index contributed by atoms with van der Waals surface area (Å²) in [5.74, 6) is -2.76. The Bertz CT molecular complexity index is 1000. The molecule has 1 rings (SSSR count). The second-order valence-corrected chi connectivity index (χ2v) is 11.8. The Morgan fingerprint density at radius 3 is 1.90 bits per heavy atom. The monoisotopic (exact) mass is 616 g/mol. The molecule has 1 atom stereocenters. The smallest absolute Gasteiger partial charge is 0.336 e. The number of carboxylic acids is 3. The van der Waals surface area contributed by atoms with Gasteiger partial charge in [0.2, 0.25) is 12.2 Å². The molecular weight excluding hydrogens is 572 g/mol. The molecule has 0 spiro atoms. The summed E-state index contributed by atoms with van der Waals surface area (Å²) >= 11 is -1.05. The van der Waals surface area contributed by atoms with Gasteiger partial charge in [-0.2, -0.15) is 5.26 Å². The van der Waals surface area contributed by atoms with Crippen LogP contribution in [0.2, 0.25) is 0 Å². The standard InChI is InChI=1S/C20H36N6O2S.C6H8O7/c1-18(2)26(13-15-29(27)16-19-8-7-14-28-19)20(22-17-21)25(11-9-23(3)4)12-10-24(5)6;7-3(8)1-6(13,5(11)12)2-4(9)10/h7-8,14,18H,9-13,15-16H2,1-6H3;13H,1-2H2,(H,7,8)(H,9,10)(H,11,12)/b22-20-;. The fourth-order valence-corrected chi connectivity index (χ4v) is 4.47. The first-order valence-corrected chi connectivity index (χ1v) is 14.6. The van der Waals surface area contributed by atoms with E-state index >= 15 is 0 Å². The number of aliphatic carboxylic acids is 3. The average Bonchev–Trinajstić information content (AvgIpc) is 3.35. The summed E-state index contributed by atoms with van der Waals surface area (Å²) in [6, 6.07) is 3.77. The maximum atomic E-state index is 12.5. The topological polar surface area (TPSA) is 217 Å². The summed E-state index contributed by atoms with van der Waals surface area (Å²) in [5, 5.41) is 43.1. The number of rotatable bonds is 17. The molecule has 0 bridgehead atoms. The van der Waals surface area contributed by atoms with Gasteiger partial charge in [-0.05, 0) is 65.3 Å². The van der Waals surface area contributed by atoms with E-state index in [9.17, 15) is 24.2 Å². The summed E-state index contributed by atoms with van der Waals surface area (Å²) in [6.45, 7) is 7.94. The van der Waals surface area contributed by atoms with E-state index in [0.29, 0.717) is 24.0 Å². The first-order chi connectivity index (χ1) is 19.5. The van der Waals surface area contributed by atoms with Crippen LogP contribution in [0.5, 0.6) is 0 Å². The molecule has 16 heteroatoms. The molecule has 0 aliphatic heterocycles. The van der Waals surface area contributed by atoms with Gasteiger partial charge in [0.25, 0.3) is 0 Å². The number of aliphatic hydroxyl groups is 1. The molecule has 15 nitrogen and oxygen atoms in total. The van der Waals surface area contributed by atoms with E-state index in [2.05, 4.69) is 38.4 Å². The van der Waals surface area contributed by atoms with Crippen LogP contribution in [0.15, 0.2) is 27.8 Å². The molecule has 0 aliphatic carbocycles. The van der Waals surface area contributed by atoms with Gasteiger partial charge in [0.05, 0.1) is 25.6 Å². The van der Waals surface area contributed by atoms with Crippen molar-refractivity contribution < 1.29 is 43.8 Å². The predicted molar refractivity (Wildman–Crippen MR) is 156 cm³/mol. The lowest BCUT2D eigenvalue weighted by molar-refractivity contribution is -0.170. The Labute approximate surface area is 249 Å². The van der Waals surface area contributed by atoms with E-state index in [1.54, 1.807) is 12.3 Å². The maximum Gasteiger partial charge on any atom is 0.336 e. The third-order valence-corrected chi connectivity index (χ3v) is 6.92. The minimum absolute atomic E-state index is 0.129. The molecule has 0 saturated carbocycles. The number of aliphatic imine (C=N–C) groups is 1. The molecule has 0 amide bonds. The summed E-state index contributed by atoms with van der Waals surface area (Å²) in [4.78, 5) is 43.1. The lowest BCUT2D eigenvalue weighted by atomic mass is 9.96. The van der Waals surface area contributed by atoms with E-state index in [1.165, 1.54) is 0 Å². The number of carboxylic acid groups (broad SMARTS) is 3. The molecule has 1 heterocycles. The molecule has 0 saturated heterocycles. The van der Waals surface area contributed by atoms with Gasteiger partial charge >= 0.3 is 17.9 Å². The molecule has 1 unspecified atom stereocenters. The predicted octanol–water partition coefficient (Wildman–Crippen LogP) is 0.252. The Morgan fingerprint density at radius 1 is 1.02 bits per heavy atom. The average molecular weight is 617 g/mol. The molecular formula is C26H44N6O9S. The van der Waals surface area contributed by atoms with Crippen molar-refractivity contribution in [1.29, 1.82) is 5.26 Å². The second kappa shape index (κ2) is 19.7. The van der Waals surface area contributed by atoms with Gasteiger partial charge in [-0.25, -0.2) is 4.79 Å². The van der Waals surface area contributed by atoms with E-state index in [1.807, 2.05) is 40.5 Å². The summed E-state index contributed by atoms with van der Waals surface area (Å²) < 4.78 is 17.8. The molecule has 4 N–H and O–H groups in total. The van der Waals surface area contributed by atoms with E-state index in [4.69, 9.17) is 24.8 Å². The lowest BCUT2D eigenvalue weighted by Crippen LogP contribution is -2.52. The van der Waals surface area contributed by atoms with Crippen molar-refractivity contribution >= 4 is 35.0 Å². The highest BCUT2D eigenvalue weighted by atomic mass is 32.2. The fraction of sp³-hybridized carbons (Fsp3) is 0.654. The minimum atomic E-state index is -2.74. The molecule has 0 aromatic carbocycles. The largest absolute Gasteiger partial charge is 0.616 e. The van der Waals surface area contributed by atoms with Gasteiger partial charge in [0.15, 0.2) is 17.1 Å². The van der Waals surface area contributed by atoms with Crippen LogP contribution in [0.1, 0.15) is 32.4 Å². The lowest BCUT2D eigenvalue weighted by Gasteiger charge is -2.37. The second-order valence-electron chi connectivity index (χ2n) is 10.2. The van der Waals surface area contributed by atoms with Crippen LogP contribution in [0, 0.1) is 11.5 Å². The first kappa shape index (κ1) is 38.6. The van der Waals surface area contributed by atoms with Crippen LogP contribution in [-0.2, 0) is 31.3 Å². The van der Waals surface area contributed by atoms with E-state index < -0.39 is 47.5 Å². The number of nitrogens with zero attached hydrogens (tertiary/aromatic N) is 6. The van der Waals surface area contributed by atoms with Crippen LogP contribution in [0.4, 0.5) is 0 Å². The normalized spacial score (nSPS) is 12.5. The Kier molecular flexibility index (Phi) is 18.1. The number of nitriles is 1. The van der Waals surface area contributed by atoms with Crippen molar-refractivity contribution in [2.24, 2.45) is 4.99 Å². The van der Waals surface area contributed by atoms with Crippen molar-refractivity contribution in [3.05, 3.63) is 24.2 Å². The molecule has 42 heavy (non-hydrogen) atoms. The van der Waals surface area contributed by atoms with Gasteiger partial charge in [-0.15, -0.1) is 4.99 Å². The quantitative estimate of drug-likeness (QED) is 0.0799. The Hall–Kier alpha value is -3.36. The third kappa shape index (κ3) is 16.2. The highest BCUT2D eigenvalue weighted by molar-refractivity contribution is 7.90. The van der Waals surface area contributed by atoms with Crippen LogP contribution >= 0.6 is 0 Å². The zero-order chi connectivity index (χ0) is 32.5. The molecule has 0 radical (unpaired) electrons. The van der Waals surface area contributed by atoms with Gasteiger partial charge < -0.3 is 49.0 Å².